The summed E-state index contributed by atoms with van der Waals surface area (Å²) in [6.45, 7) is 5.48. The molecule has 0 radical (unpaired) electrons. The van der Waals surface area contributed by atoms with Crippen LogP contribution >= 0.6 is 0 Å². The lowest BCUT2D eigenvalue weighted by atomic mass is 10.3. The molecule has 0 aromatic carbocycles. The summed E-state index contributed by atoms with van der Waals surface area (Å²) in [6, 6.07) is 1.47. The summed E-state index contributed by atoms with van der Waals surface area (Å²) in [7, 11) is 1.56. The first-order chi connectivity index (χ1) is 7.61. The average molecular weight is 225 g/mol. The van der Waals surface area contributed by atoms with Gasteiger partial charge in [0.25, 0.3) is 0 Å². The summed E-state index contributed by atoms with van der Waals surface area (Å²) in [5.41, 5.74) is 0. The molecule has 0 saturated heterocycles. The first-order valence-electron chi connectivity index (χ1n) is 5.48. The molecule has 0 N–H and O–H groups in total. The fourth-order valence-corrected chi connectivity index (χ4v) is 1.39. The molecule has 0 atom stereocenters. The van der Waals surface area contributed by atoms with E-state index in [4.69, 9.17) is 9.47 Å². The number of rotatable bonds is 6. The highest BCUT2D eigenvalue weighted by molar-refractivity contribution is 5.22. The second-order valence-corrected chi connectivity index (χ2v) is 3.92. The predicted octanol–water partition coefficient (Wildman–Crippen LogP) is 0.871. The Kier molecular flexibility index (Phi) is 5.05. The van der Waals surface area contributed by atoms with Crippen molar-refractivity contribution >= 4 is 0 Å². The van der Waals surface area contributed by atoms with Gasteiger partial charge in [0.05, 0.1) is 19.8 Å². The van der Waals surface area contributed by atoms with Crippen LogP contribution in [0.15, 0.2) is 18.5 Å². The van der Waals surface area contributed by atoms with Gasteiger partial charge in [0, 0.05) is 6.42 Å². The summed E-state index contributed by atoms with van der Waals surface area (Å²) < 4.78 is 12.3. The fraction of sp³-hybridized carbons (Fsp3) is 0.583. The minimum Gasteiger partial charge on any atom is -0.868 e. The normalized spacial score (nSPS) is 10.8. The van der Waals surface area contributed by atoms with Crippen LogP contribution in [0.1, 0.15) is 20.3 Å². The monoisotopic (exact) mass is 225 g/mol. The van der Waals surface area contributed by atoms with Gasteiger partial charge in [-0.1, -0.05) is 0 Å². The standard InChI is InChI=1S/C12H19NO3/c1-10(2)16-6-4-5-13-8-11(14)7-12(9-13)15-3/h7-10H,4-6H2,1-3H3. The van der Waals surface area contributed by atoms with Crippen LogP contribution in [0.25, 0.3) is 0 Å². The molecule has 0 saturated carbocycles. The molecule has 1 heterocycles. The van der Waals surface area contributed by atoms with Gasteiger partial charge in [0.15, 0.2) is 18.5 Å². The Morgan fingerprint density at radius 3 is 2.75 bits per heavy atom. The highest BCUT2D eigenvalue weighted by atomic mass is 16.5. The molecule has 0 unspecified atom stereocenters. The molecule has 90 valence electrons. The molecule has 0 aliphatic carbocycles. The van der Waals surface area contributed by atoms with Crippen LogP contribution in [0.2, 0.25) is 0 Å². The number of methoxy groups -OCH3 is 1. The Bertz CT molecular complexity index is 326. The van der Waals surface area contributed by atoms with Gasteiger partial charge >= 0.3 is 0 Å². The zero-order valence-corrected chi connectivity index (χ0v) is 10.1. The van der Waals surface area contributed by atoms with Gasteiger partial charge in [0.2, 0.25) is 6.20 Å². The van der Waals surface area contributed by atoms with E-state index in [1.165, 1.54) is 6.07 Å². The van der Waals surface area contributed by atoms with E-state index in [1.54, 1.807) is 13.3 Å². The Balaban J connectivity index is 2.44. The Morgan fingerprint density at radius 1 is 1.38 bits per heavy atom. The molecule has 0 amide bonds. The number of hydrogen-bond acceptors (Lipinski definition) is 3. The largest absolute Gasteiger partial charge is 0.868 e. The Morgan fingerprint density at radius 2 is 2.12 bits per heavy atom. The summed E-state index contributed by atoms with van der Waals surface area (Å²) in [6.07, 6.45) is 4.52. The SMILES string of the molecule is COc1cc([O-])c[n+](CCCOC(C)C)c1. The smallest absolute Gasteiger partial charge is 0.211 e. The van der Waals surface area contributed by atoms with Crippen molar-refractivity contribution in [3.8, 4) is 11.5 Å². The van der Waals surface area contributed by atoms with Crippen LogP contribution in [0.3, 0.4) is 0 Å². The second-order valence-electron chi connectivity index (χ2n) is 3.92. The molecule has 0 aliphatic rings. The molecular formula is C12H19NO3. The van der Waals surface area contributed by atoms with Crippen molar-refractivity contribution in [2.45, 2.75) is 32.9 Å². The number of nitrogens with zero attached hydrogens (tertiary/aromatic N) is 1. The van der Waals surface area contributed by atoms with Crippen molar-refractivity contribution in [3.63, 3.8) is 0 Å². The maximum atomic E-state index is 11.3. The first kappa shape index (κ1) is 12.8. The van der Waals surface area contributed by atoms with Crippen LogP contribution < -0.4 is 14.4 Å². The van der Waals surface area contributed by atoms with Crippen LogP contribution in [0, 0.1) is 0 Å². The highest BCUT2D eigenvalue weighted by Crippen LogP contribution is 2.11. The number of aryl methyl sites for hydroxylation is 1. The van der Waals surface area contributed by atoms with Gasteiger partial charge in [-0.05, 0) is 25.7 Å². The zero-order valence-electron chi connectivity index (χ0n) is 10.1. The number of ether oxygens (including phenoxy) is 2. The first-order valence-corrected chi connectivity index (χ1v) is 5.48. The van der Waals surface area contributed by atoms with Gasteiger partial charge in [-0.15, -0.1) is 0 Å². The highest BCUT2D eigenvalue weighted by Gasteiger charge is 2.04. The quantitative estimate of drug-likeness (QED) is 0.533. The molecule has 1 aromatic heterocycles. The van der Waals surface area contributed by atoms with Crippen molar-refractivity contribution in [3.05, 3.63) is 18.5 Å². The average Bonchev–Trinajstić information content (AvgIpc) is 2.23. The van der Waals surface area contributed by atoms with Crippen molar-refractivity contribution < 1.29 is 19.1 Å². The maximum Gasteiger partial charge on any atom is 0.211 e. The molecule has 16 heavy (non-hydrogen) atoms. The third-order valence-electron chi connectivity index (χ3n) is 2.12. The molecule has 0 aliphatic heterocycles. The fourth-order valence-electron chi connectivity index (χ4n) is 1.39. The van der Waals surface area contributed by atoms with Crippen LogP contribution in [-0.2, 0) is 11.3 Å². The topological polar surface area (TPSA) is 45.4 Å². The third-order valence-corrected chi connectivity index (χ3v) is 2.12. The summed E-state index contributed by atoms with van der Waals surface area (Å²) in [4.78, 5) is 0. The van der Waals surface area contributed by atoms with Crippen molar-refractivity contribution in [2.75, 3.05) is 13.7 Å². The minimum absolute atomic E-state index is 0.0378. The minimum atomic E-state index is -0.0378. The molecule has 1 rings (SSSR count). The molecule has 0 spiro atoms. The zero-order chi connectivity index (χ0) is 12.0. The van der Waals surface area contributed by atoms with Gasteiger partial charge in [-0.25, -0.2) is 4.57 Å². The van der Waals surface area contributed by atoms with Gasteiger partial charge in [0.1, 0.15) is 0 Å². The molecule has 4 nitrogen and oxygen atoms in total. The van der Waals surface area contributed by atoms with E-state index in [1.807, 2.05) is 24.6 Å². The molecular weight excluding hydrogens is 206 g/mol. The van der Waals surface area contributed by atoms with Gasteiger partial charge in [-0.2, -0.15) is 0 Å². The van der Waals surface area contributed by atoms with Crippen molar-refractivity contribution in [1.29, 1.82) is 0 Å². The lowest BCUT2D eigenvalue weighted by Crippen LogP contribution is -2.34. The Labute approximate surface area is 96.4 Å². The van der Waals surface area contributed by atoms with Crippen molar-refractivity contribution in [1.82, 2.24) is 0 Å². The lowest BCUT2D eigenvalue weighted by Gasteiger charge is -2.08. The van der Waals surface area contributed by atoms with Crippen molar-refractivity contribution in [2.24, 2.45) is 0 Å². The van der Waals surface area contributed by atoms with E-state index in [0.717, 1.165) is 13.0 Å². The van der Waals surface area contributed by atoms with Crippen LogP contribution in [0.5, 0.6) is 11.5 Å². The molecule has 1 aromatic rings. The van der Waals surface area contributed by atoms with E-state index in [-0.39, 0.29) is 11.9 Å². The third kappa shape index (κ3) is 4.49. The molecule has 0 bridgehead atoms. The second kappa shape index (κ2) is 6.33. The van der Waals surface area contributed by atoms with Crippen LogP contribution in [0.4, 0.5) is 0 Å². The Hall–Kier alpha value is -1.29. The van der Waals surface area contributed by atoms with E-state index in [2.05, 4.69) is 0 Å². The predicted molar refractivity (Wildman–Crippen MR) is 58.3 cm³/mol. The number of hydrogen-bond donors (Lipinski definition) is 0. The van der Waals surface area contributed by atoms with Crippen LogP contribution in [-0.4, -0.2) is 19.8 Å². The number of pyridine rings is 1. The summed E-state index contributed by atoms with van der Waals surface area (Å²) >= 11 is 0. The summed E-state index contributed by atoms with van der Waals surface area (Å²) in [5.74, 6) is 0.557. The van der Waals surface area contributed by atoms with E-state index in [9.17, 15) is 5.11 Å². The number of aromatic nitrogens is 1. The molecule has 4 heteroatoms. The molecule has 0 fully saturated rings. The van der Waals surface area contributed by atoms with E-state index < -0.39 is 0 Å². The van der Waals surface area contributed by atoms with E-state index >= 15 is 0 Å². The van der Waals surface area contributed by atoms with Gasteiger partial charge < -0.3 is 14.6 Å². The van der Waals surface area contributed by atoms with E-state index in [0.29, 0.717) is 12.4 Å². The van der Waals surface area contributed by atoms with Gasteiger partial charge in [-0.3, -0.25) is 0 Å². The summed E-state index contributed by atoms with van der Waals surface area (Å²) in [5, 5.41) is 11.3. The lowest BCUT2D eigenvalue weighted by molar-refractivity contribution is -0.700. The maximum absolute atomic E-state index is 11.3.